The summed E-state index contributed by atoms with van der Waals surface area (Å²) in [5, 5.41) is 9.09. The van der Waals surface area contributed by atoms with E-state index in [1.807, 2.05) is 24.3 Å². The monoisotopic (exact) mass is 456 g/mol. The lowest BCUT2D eigenvalue weighted by molar-refractivity contribution is -0.138. The van der Waals surface area contributed by atoms with Gasteiger partial charge < -0.3 is 19.3 Å². The van der Waals surface area contributed by atoms with E-state index in [-0.39, 0.29) is 18.9 Å². The summed E-state index contributed by atoms with van der Waals surface area (Å²) >= 11 is 0. The van der Waals surface area contributed by atoms with Crippen LogP contribution in [0.1, 0.15) is 35.1 Å². The van der Waals surface area contributed by atoms with Crippen molar-refractivity contribution in [1.29, 1.82) is 0 Å². The highest BCUT2D eigenvalue weighted by Crippen LogP contribution is 2.46. The maximum absolute atomic E-state index is 12.8. The molecule has 33 heavy (non-hydrogen) atoms. The van der Waals surface area contributed by atoms with E-state index in [0.717, 1.165) is 28.8 Å². The Bertz CT molecular complexity index is 1200. The first-order chi connectivity index (χ1) is 15.8. The van der Waals surface area contributed by atoms with E-state index in [1.54, 1.807) is 12.1 Å². The number of aliphatic carboxylic acids is 1. The normalized spacial score (nSPS) is 19.0. The van der Waals surface area contributed by atoms with Crippen LogP contribution in [0, 0.1) is 0 Å². The van der Waals surface area contributed by atoms with Gasteiger partial charge in [0.1, 0.15) is 12.4 Å². The molecule has 0 radical (unpaired) electrons. The molecule has 2 aliphatic heterocycles. The molecule has 2 aliphatic rings. The lowest BCUT2D eigenvalue weighted by Gasteiger charge is -2.27. The number of hydrogen-bond donors (Lipinski definition) is 1. The van der Waals surface area contributed by atoms with Crippen LogP contribution in [0.15, 0.2) is 60.7 Å². The zero-order valence-electron chi connectivity index (χ0n) is 17.3. The molecule has 0 saturated carbocycles. The largest absolute Gasteiger partial charge is 0.492 e. The van der Waals surface area contributed by atoms with Crippen LogP contribution < -0.4 is 14.2 Å². The van der Waals surface area contributed by atoms with Crippen molar-refractivity contribution in [3.05, 3.63) is 77.4 Å². The van der Waals surface area contributed by atoms with Gasteiger partial charge in [0, 0.05) is 17.5 Å². The first-order valence-corrected chi connectivity index (χ1v) is 10.4. The van der Waals surface area contributed by atoms with Crippen LogP contribution in [0.5, 0.6) is 17.2 Å². The fourth-order valence-electron chi connectivity index (χ4n) is 4.15. The van der Waals surface area contributed by atoms with Gasteiger partial charge in [-0.2, -0.15) is 13.2 Å². The minimum atomic E-state index is -4.38. The van der Waals surface area contributed by atoms with Crippen molar-refractivity contribution in [2.75, 3.05) is 13.2 Å². The summed E-state index contributed by atoms with van der Waals surface area (Å²) in [5.74, 6) is 0.498. The predicted octanol–water partition coefficient (Wildman–Crippen LogP) is 5.84. The maximum atomic E-state index is 12.8. The average molecular weight is 456 g/mol. The van der Waals surface area contributed by atoms with E-state index in [9.17, 15) is 18.0 Å². The predicted molar refractivity (Wildman–Crippen MR) is 113 cm³/mol. The molecule has 8 heteroatoms. The van der Waals surface area contributed by atoms with E-state index in [0.29, 0.717) is 29.4 Å². The molecule has 5 nitrogen and oxygen atoms in total. The Labute approximate surface area is 187 Å². The van der Waals surface area contributed by atoms with Crippen LogP contribution in [0.2, 0.25) is 0 Å². The second-order valence-electron chi connectivity index (χ2n) is 8.06. The van der Waals surface area contributed by atoms with Gasteiger partial charge in [-0.3, -0.25) is 4.79 Å². The van der Waals surface area contributed by atoms with Crippen molar-refractivity contribution in [3.63, 3.8) is 0 Å². The van der Waals surface area contributed by atoms with E-state index in [4.69, 9.17) is 19.3 Å². The Morgan fingerprint density at radius 3 is 2.39 bits per heavy atom. The average Bonchev–Trinajstić information content (AvgIpc) is 3.17. The van der Waals surface area contributed by atoms with Gasteiger partial charge in [-0.05, 0) is 41.0 Å². The van der Waals surface area contributed by atoms with Crippen LogP contribution in [-0.2, 0) is 11.0 Å². The number of carboxylic acids is 1. The highest BCUT2D eigenvalue weighted by Gasteiger charge is 2.32. The number of ether oxygens (including phenoxy) is 3. The molecular formula is C25H19F3O5. The van der Waals surface area contributed by atoms with Gasteiger partial charge in [-0.1, -0.05) is 30.3 Å². The Balaban J connectivity index is 1.37. The van der Waals surface area contributed by atoms with Crippen LogP contribution >= 0.6 is 0 Å². The molecule has 3 aromatic rings. The third kappa shape index (κ3) is 4.20. The van der Waals surface area contributed by atoms with Crippen molar-refractivity contribution in [1.82, 2.24) is 0 Å². The zero-order valence-corrected chi connectivity index (χ0v) is 17.3. The summed E-state index contributed by atoms with van der Waals surface area (Å²) in [5.41, 5.74) is 2.36. The molecule has 5 rings (SSSR count). The Hall–Kier alpha value is -3.68. The van der Waals surface area contributed by atoms with Gasteiger partial charge in [-0.15, -0.1) is 0 Å². The van der Waals surface area contributed by atoms with E-state index in [2.05, 4.69) is 0 Å². The number of fused-ring (bicyclic) bond motifs is 2. The van der Waals surface area contributed by atoms with Crippen LogP contribution in [0.25, 0.3) is 11.1 Å². The zero-order chi connectivity index (χ0) is 23.2. The van der Waals surface area contributed by atoms with Crippen molar-refractivity contribution in [3.8, 4) is 28.4 Å². The summed E-state index contributed by atoms with van der Waals surface area (Å²) in [4.78, 5) is 11.1. The molecule has 0 aromatic heterocycles. The summed E-state index contributed by atoms with van der Waals surface area (Å²) < 4.78 is 56.2. The van der Waals surface area contributed by atoms with Crippen LogP contribution in [0.3, 0.4) is 0 Å². The van der Waals surface area contributed by atoms with Gasteiger partial charge >= 0.3 is 12.1 Å². The molecule has 1 N–H and O–H groups in total. The first-order valence-electron chi connectivity index (χ1n) is 10.4. The number of carbonyl (C=O) groups is 1. The quantitative estimate of drug-likeness (QED) is 0.535. The standard InChI is InChI=1S/C25H19F3O5/c26-25(27,28)18-6-4-14(5-7-18)15-2-1-3-16(8-15)23-13-32-21-10-19-17(9-24(29)30)12-31-20(19)11-22(21)33-23/h1-8,10-11,17,23H,9,12-13H2,(H,29,30)/t17-,23-/m1/s1. The van der Waals surface area contributed by atoms with E-state index < -0.39 is 23.8 Å². The highest BCUT2D eigenvalue weighted by atomic mass is 19.4. The third-order valence-electron chi connectivity index (χ3n) is 5.84. The number of benzene rings is 3. The molecule has 0 amide bonds. The second-order valence-corrected chi connectivity index (χ2v) is 8.06. The van der Waals surface area contributed by atoms with Crippen molar-refractivity contribution < 1.29 is 37.3 Å². The summed E-state index contributed by atoms with van der Waals surface area (Å²) in [6.45, 7) is 0.538. The Kier molecular flexibility index (Phi) is 5.15. The lowest BCUT2D eigenvalue weighted by atomic mass is 9.97. The number of hydrogen-bond acceptors (Lipinski definition) is 4. The fourth-order valence-corrected chi connectivity index (χ4v) is 4.15. The lowest BCUT2D eigenvalue weighted by Crippen LogP contribution is -2.21. The molecule has 0 fully saturated rings. The molecule has 3 aromatic carbocycles. The molecule has 0 spiro atoms. The minimum Gasteiger partial charge on any atom is -0.492 e. The topological polar surface area (TPSA) is 65.0 Å². The number of alkyl halides is 3. The molecule has 0 aliphatic carbocycles. The van der Waals surface area contributed by atoms with Gasteiger partial charge in [0.25, 0.3) is 0 Å². The van der Waals surface area contributed by atoms with Gasteiger partial charge in [0.2, 0.25) is 0 Å². The summed E-state index contributed by atoms with van der Waals surface area (Å²) in [6.07, 6.45) is -4.81. The number of rotatable bonds is 4. The van der Waals surface area contributed by atoms with E-state index >= 15 is 0 Å². The molecule has 0 unspecified atom stereocenters. The summed E-state index contributed by atoms with van der Waals surface area (Å²) in [7, 11) is 0. The second kappa shape index (κ2) is 8.03. The van der Waals surface area contributed by atoms with Gasteiger partial charge in [0.15, 0.2) is 17.6 Å². The molecule has 2 heterocycles. The minimum absolute atomic E-state index is 0.0218. The maximum Gasteiger partial charge on any atom is 0.416 e. The highest BCUT2D eigenvalue weighted by molar-refractivity contribution is 5.69. The van der Waals surface area contributed by atoms with Gasteiger partial charge in [0.05, 0.1) is 18.6 Å². The van der Waals surface area contributed by atoms with Crippen LogP contribution in [-0.4, -0.2) is 24.3 Å². The van der Waals surface area contributed by atoms with Crippen molar-refractivity contribution in [2.24, 2.45) is 0 Å². The van der Waals surface area contributed by atoms with E-state index in [1.165, 1.54) is 12.1 Å². The van der Waals surface area contributed by atoms with Gasteiger partial charge in [-0.25, -0.2) is 0 Å². The van der Waals surface area contributed by atoms with Crippen molar-refractivity contribution in [2.45, 2.75) is 24.6 Å². The SMILES string of the molecule is O=C(O)C[C@@H]1COc2cc3c(cc21)OC[C@H](c1cccc(-c2ccc(C(F)(F)F)cc2)c1)O3. The van der Waals surface area contributed by atoms with Crippen LogP contribution in [0.4, 0.5) is 13.2 Å². The first kappa shape index (κ1) is 21.2. The fraction of sp³-hybridized carbons (Fsp3) is 0.240. The molecule has 0 bridgehead atoms. The Morgan fingerprint density at radius 1 is 0.909 bits per heavy atom. The smallest absolute Gasteiger partial charge is 0.416 e. The molecule has 0 saturated heterocycles. The number of halogens is 3. The molecule has 170 valence electrons. The summed E-state index contributed by atoms with van der Waals surface area (Å²) in [6, 6.07) is 15.9. The molecule has 2 atom stereocenters. The van der Waals surface area contributed by atoms with Crippen molar-refractivity contribution >= 4 is 5.97 Å². The Morgan fingerprint density at radius 2 is 1.67 bits per heavy atom. The molecular weight excluding hydrogens is 437 g/mol. The third-order valence-corrected chi connectivity index (χ3v) is 5.84. The number of carboxylic acid groups (broad SMARTS) is 1.